The van der Waals surface area contributed by atoms with Gasteiger partial charge in [0, 0.05) is 37.1 Å². The van der Waals surface area contributed by atoms with Gasteiger partial charge in [0.15, 0.2) is 11.5 Å². The molecule has 0 spiro atoms. The molecule has 35 heavy (non-hydrogen) atoms. The topological polar surface area (TPSA) is 136 Å². The number of carbonyl (C=O) groups is 1. The van der Waals surface area contributed by atoms with Crippen LogP contribution in [0.15, 0.2) is 16.9 Å². The number of pyridine rings is 3. The Morgan fingerprint density at radius 2 is 1.83 bits per heavy atom. The monoisotopic (exact) mass is 480 g/mol. The summed E-state index contributed by atoms with van der Waals surface area (Å²) in [6, 6.07) is 3.17. The van der Waals surface area contributed by atoms with Gasteiger partial charge >= 0.3 is 0 Å². The molecule has 2 aliphatic heterocycles. The maximum atomic E-state index is 13.7. The van der Waals surface area contributed by atoms with E-state index in [1.165, 1.54) is 0 Å². The van der Waals surface area contributed by atoms with E-state index in [9.17, 15) is 19.8 Å². The smallest absolute Gasteiger partial charge is 0.277 e. The maximum absolute atomic E-state index is 13.7. The summed E-state index contributed by atoms with van der Waals surface area (Å²) in [5.74, 6) is 0.365. The Morgan fingerprint density at radius 1 is 1.00 bits per heavy atom. The average molecular weight is 480 g/mol. The molecule has 3 aromatic heterocycles. The third-order valence-corrected chi connectivity index (χ3v) is 6.76. The number of morpholine rings is 1. The highest BCUT2D eigenvalue weighted by Crippen LogP contribution is 2.43. The zero-order chi connectivity index (χ0) is 24.1. The molecule has 6 rings (SSSR count). The van der Waals surface area contributed by atoms with Gasteiger partial charge < -0.3 is 29.0 Å². The molecule has 1 saturated heterocycles. The van der Waals surface area contributed by atoms with Crippen molar-refractivity contribution >= 4 is 16.7 Å². The molecule has 0 bridgehead atoms. The minimum Gasteiger partial charge on any atom is -0.452 e. The Hall–Kier alpha value is -3.38. The van der Waals surface area contributed by atoms with Crippen molar-refractivity contribution in [3.8, 4) is 23.0 Å². The zero-order valence-electron chi connectivity index (χ0n) is 19.0. The standard InChI is InChI=1S/C24H24N4O7/c29-10-13-8-14-18-21(19-15(22(18)31)9-17-23(26-19)35-12-34-17)28(24(32)20(14)25-16(13)11-30)3-1-2-27-4-6-33-7-5-27/h8-9,29-30H,1-7,10-12H2. The number of carbonyl (C=O) groups excluding carboxylic acids is 1. The van der Waals surface area contributed by atoms with Crippen LogP contribution in [0.4, 0.5) is 0 Å². The summed E-state index contributed by atoms with van der Waals surface area (Å²) in [7, 11) is 0. The second kappa shape index (κ2) is 8.68. The average Bonchev–Trinajstić information content (AvgIpc) is 3.46. The second-order valence-electron chi connectivity index (χ2n) is 8.72. The lowest BCUT2D eigenvalue weighted by Crippen LogP contribution is -2.37. The van der Waals surface area contributed by atoms with E-state index in [1.54, 1.807) is 16.7 Å². The lowest BCUT2D eigenvalue weighted by atomic mass is 10.0. The van der Waals surface area contributed by atoms with Crippen molar-refractivity contribution in [2.45, 2.75) is 26.2 Å². The number of ketones is 1. The molecule has 0 saturated carbocycles. The van der Waals surface area contributed by atoms with Gasteiger partial charge in [-0.3, -0.25) is 14.5 Å². The molecule has 3 aromatic rings. The van der Waals surface area contributed by atoms with Gasteiger partial charge in [0.1, 0.15) is 11.2 Å². The molecule has 3 aliphatic rings. The van der Waals surface area contributed by atoms with Crippen LogP contribution in [0.3, 0.4) is 0 Å². The van der Waals surface area contributed by atoms with Crippen molar-refractivity contribution in [1.82, 2.24) is 19.4 Å². The summed E-state index contributed by atoms with van der Waals surface area (Å²) in [6.07, 6.45) is 0.674. The number of rotatable bonds is 6. The molecule has 2 N–H and O–H groups in total. The van der Waals surface area contributed by atoms with E-state index in [2.05, 4.69) is 14.9 Å². The fourth-order valence-corrected chi connectivity index (χ4v) is 5.00. The van der Waals surface area contributed by atoms with E-state index in [0.717, 1.165) is 19.6 Å². The molecule has 11 nitrogen and oxygen atoms in total. The summed E-state index contributed by atoms with van der Waals surface area (Å²) in [5, 5.41) is 19.9. The summed E-state index contributed by atoms with van der Waals surface area (Å²) < 4.78 is 17.8. The van der Waals surface area contributed by atoms with Crippen LogP contribution in [0.2, 0.25) is 0 Å². The van der Waals surface area contributed by atoms with Gasteiger partial charge in [0.05, 0.1) is 48.9 Å². The number of fused-ring (bicyclic) bond motifs is 6. The number of ether oxygens (including phenoxy) is 3. The quantitative estimate of drug-likeness (QED) is 0.400. The first kappa shape index (κ1) is 22.1. The van der Waals surface area contributed by atoms with Crippen LogP contribution in [0.5, 0.6) is 11.6 Å². The predicted molar refractivity (Wildman–Crippen MR) is 123 cm³/mol. The Balaban J connectivity index is 1.53. The van der Waals surface area contributed by atoms with E-state index in [1.807, 2.05) is 0 Å². The molecule has 0 aromatic carbocycles. The van der Waals surface area contributed by atoms with Crippen LogP contribution < -0.4 is 15.0 Å². The number of nitrogens with zero attached hydrogens (tertiary/aromatic N) is 4. The van der Waals surface area contributed by atoms with Crippen LogP contribution in [-0.4, -0.2) is 75.1 Å². The summed E-state index contributed by atoms with van der Waals surface area (Å²) in [4.78, 5) is 38.5. The van der Waals surface area contributed by atoms with Gasteiger partial charge in [0.25, 0.3) is 11.4 Å². The normalized spacial score (nSPS) is 16.7. The van der Waals surface area contributed by atoms with Gasteiger partial charge in [-0.2, -0.15) is 0 Å². The number of hydrogen-bond donors (Lipinski definition) is 2. The van der Waals surface area contributed by atoms with E-state index in [-0.39, 0.29) is 41.8 Å². The van der Waals surface area contributed by atoms with Crippen LogP contribution >= 0.6 is 0 Å². The highest BCUT2D eigenvalue weighted by atomic mass is 16.7. The zero-order valence-corrected chi connectivity index (χ0v) is 19.0. The van der Waals surface area contributed by atoms with Crippen molar-refractivity contribution in [2.24, 2.45) is 0 Å². The van der Waals surface area contributed by atoms with Gasteiger partial charge in [-0.1, -0.05) is 0 Å². The van der Waals surface area contributed by atoms with Gasteiger partial charge in [0.2, 0.25) is 6.79 Å². The molecule has 0 unspecified atom stereocenters. The second-order valence-corrected chi connectivity index (χ2v) is 8.72. The molecule has 1 fully saturated rings. The highest BCUT2D eigenvalue weighted by Gasteiger charge is 2.37. The molecule has 5 heterocycles. The van der Waals surface area contributed by atoms with Gasteiger partial charge in [-0.15, -0.1) is 0 Å². The molecular weight excluding hydrogens is 456 g/mol. The van der Waals surface area contributed by atoms with Gasteiger partial charge in [-0.25, -0.2) is 9.97 Å². The molecule has 0 radical (unpaired) electrons. The Kier molecular flexibility index (Phi) is 5.49. The molecule has 182 valence electrons. The first-order chi connectivity index (χ1) is 17.1. The van der Waals surface area contributed by atoms with E-state index >= 15 is 0 Å². The minimum atomic E-state index is -0.434. The van der Waals surface area contributed by atoms with Crippen molar-refractivity contribution in [3.05, 3.63) is 44.9 Å². The van der Waals surface area contributed by atoms with Crippen molar-refractivity contribution in [1.29, 1.82) is 0 Å². The fraction of sp³-hybridized carbons (Fsp3) is 0.417. The summed E-state index contributed by atoms with van der Waals surface area (Å²) in [6.45, 7) is 3.37. The molecule has 1 aliphatic carbocycles. The highest BCUT2D eigenvalue weighted by molar-refractivity contribution is 6.26. The van der Waals surface area contributed by atoms with Crippen molar-refractivity contribution < 1.29 is 29.2 Å². The third-order valence-electron chi connectivity index (χ3n) is 6.76. The summed E-state index contributed by atoms with van der Waals surface area (Å²) >= 11 is 0. The minimum absolute atomic E-state index is 0.0179. The SMILES string of the molecule is O=C1c2cc3c(nc2-c2c1c1cc(CO)c(CO)nc1c(=O)n2CCCN1CCOCC1)OCO3. The lowest BCUT2D eigenvalue weighted by molar-refractivity contribution is 0.0369. The Bertz CT molecular complexity index is 1410. The molecule has 11 heteroatoms. The van der Waals surface area contributed by atoms with Crippen molar-refractivity contribution in [3.63, 3.8) is 0 Å². The van der Waals surface area contributed by atoms with Crippen LogP contribution in [0.25, 0.3) is 22.3 Å². The van der Waals surface area contributed by atoms with Crippen LogP contribution in [-0.2, 0) is 24.5 Å². The van der Waals surface area contributed by atoms with Crippen LogP contribution in [0.1, 0.15) is 33.6 Å². The van der Waals surface area contributed by atoms with Crippen molar-refractivity contribution in [2.75, 3.05) is 39.6 Å². The first-order valence-corrected chi connectivity index (χ1v) is 11.6. The number of aromatic nitrogens is 3. The largest absolute Gasteiger partial charge is 0.452 e. The van der Waals surface area contributed by atoms with E-state index in [0.29, 0.717) is 65.4 Å². The predicted octanol–water partition coefficient (Wildman–Crippen LogP) is 0.439. The molecule has 0 amide bonds. The molecular formula is C24H24N4O7. The molecule has 0 atom stereocenters. The maximum Gasteiger partial charge on any atom is 0.277 e. The number of aliphatic hydroxyl groups excluding tert-OH is 2. The van der Waals surface area contributed by atoms with Crippen LogP contribution in [0, 0.1) is 0 Å². The first-order valence-electron chi connectivity index (χ1n) is 11.6. The lowest BCUT2D eigenvalue weighted by Gasteiger charge is -2.26. The summed E-state index contributed by atoms with van der Waals surface area (Å²) in [5.41, 5.74) is 1.70. The third kappa shape index (κ3) is 3.50. The Labute approximate surface area is 199 Å². The Morgan fingerprint density at radius 3 is 2.60 bits per heavy atom. The van der Waals surface area contributed by atoms with E-state index in [4.69, 9.17) is 14.2 Å². The van der Waals surface area contributed by atoms with Gasteiger partial charge in [-0.05, 0) is 18.6 Å². The number of aliphatic hydroxyl groups is 2. The van der Waals surface area contributed by atoms with E-state index < -0.39 is 6.61 Å². The number of hydrogen-bond acceptors (Lipinski definition) is 10. The fourth-order valence-electron chi connectivity index (χ4n) is 5.00.